The number of rotatable bonds is 5. The van der Waals surface area contributed by atoms with Gasteiger partial charge in [0.15, 0.2) is 5.50 Å². The molecule has 8 heteroatoms. The lowest BCUT2D eigenvalue weighted by Crippen LogP contribution is -2.26. The SMILES string of the molecule is CC1=C(C(N)=O)SC(n2cc(-c3ccsc3)nn2)N1Cc1ccccc1. The summed E-state index contributed by atoms with van der Waals surface area (Å²) in [5, 5.41) is 12.6. The molecule has 1 amide bonds. The third-order valence-corrected chi connectivity index (χ3v) is 6.32. The van der Waals surface area contributed by atoms with Gasteiger partial charge in [-0.1, -0.05) is 47.3 Å². The molecular weight excluding hydrogens is 366 g/mol. The minimum Gasteiger partial charge on any atom is -0.365 e. The number of hydrogen-bond acceptors (Lipinski definition) is 6. The summed E-state index contributed by atoms with van der Waals surface area (Å²) in [5.41, 5.74) is 9.26. The number of nitrogens with two attached hydrogens (primary N) is 1. The maximum Gasteiger partial charge on any atom is 0.257 e. The number of allylic oxidation sites excluding steroid dienone is 1. The Morgan fingerprint density at radius 1 is 1.27 bits per heavy atom. The summed E-state index contributed by atoms with van der Waals surface area (Å²) in [7, 11) is 0. The first-order valence-electron chi connectivity index (χ1n) is 8.06. The van der Waals surface area contributed by atoms with Gasteiger partial charge in [0.25, 0.3) is 5.91 Å². The van der Waals surface area contributed by atoms with E-state index < -0.39 is 5.91 Å². The number of amides is 1. The molecule has 0 fully saturated rings. The summed E-state index contributed by atoms with van der Waals surface area (Å²) in [6.45, 7) is 2.58. The lowest BCUT2D eigenvalue weighted by molar-refractivity contribution is -0.114. The molecule has 3 heterocycles. The topological polar surface area (TPSA) is 77.0 Å². The van der Waals surface area contributed by atoms with Gasteiger partial charge in [0, 0.05) is 23.2 Å². The summed E-state index contributed by atoms with van der Waals surface area (Å²) < 4.78 is 1.79. The third-order valence-electron chi connectivity index (χ3n) is 4.22. The van der Waals surface area contributed by atoms with Crippen LogP contribution < -0.4 is 5.73 Å². The third kappa shape index (κ3) is 3.13. The van der Waals surface area contributed by atoms with Gasteiger partial charge in [0.1, 0.15) is 5.69 Å². The minimum absolute atomic E-state index is 0.197. The number of thiophene rings is 1. The van der Waals surface area contributed by atoms with Crippen molar-refractivity contribution in [2.45, 2.75) is 19.0 Å². The van der Waals surface area contributed by atoms with Crippen LogP contribution in [-0.2, 0) is 11.3 Å². The summed E-state index contributed by atoms with van der Waals surface area (Å²) in [5.74, 6) is -0.411. The second kappa shape index (κ2) is 6.97. The van der Waals surface area contributed by atoms with E-state index in [0.717, 1.165) is 22.5 Å². The molecule has 132 valence electrons. The van der Waals surface area contributed by atoms with Crippen LogP contribution in [0.25, 0.3) is 11.3 Å². The van der Waals surface area contributed by atoms with Gasteiger partial charge in [-0.3, -0.25) is 4.79 Å². The van der Waals surface area contributed by atoms with Gasteiger partial charge in [-0.2, -0.15) is 11.3 Å². The fourth-order valence-electron chi connectivity index (χ4n) is 2.89. The molecule has 1 unspecified atom stereocenters. The average Bonchev–Trinajstić information content (AvgIpc) is 3.36. The van der Waals surface area contributed by atoms with Crippen molar-refractivity contribution < 1.29 is 4.79 Å². The van der Waals surface area contributed by atoms with Gasteiger partial charge in [0.2, 0.25) is 0 Å². The lowest BCUT2D eigenvalue weighted by Gasteiger charge is -2.27. The van der Waals surface area contributed by atoms with Crippen LogP contribution >= 0.6 is 23.1 Å². The Labute approximate surface area is 159 Å². The van der Waals surface area contributed by atoms with E-state index in [9.17, 15) is 4.79 Å². The highest BCUT2D eigenvalue weighted by Crippen LogP contribution is 2.45. The monoisotopic (exact) mass is 383 g/mol. The van der Waals surface area contributed by atoms with E-state index in [1.165, 1.54) is 11.8 Å². The maximum atomic E-state index is 11.9. The van der Waals surface area contributed by atoms with Crippen LogP contribution in [0.15, 0.2) is 64.0 Å². The van der Waals surface area contributed by atoms with Crippen molar-refractivity contribution in [3.63, 3.8) is 0 Å². The van der Waals surface area contributed by atoms with Crippen LogP contribution in [-0.4, -0.2) is 25.8 Å². The smallest absolute Gasteiger partial charge is 0.257 e. The Morgan fingerprint density at radius 2 is 2.08 bits per heavy atom. The van der Waals surface area contributed by atoms with Gasteiger partial charge >= 0.3 is 0 Å². The normalized spacial score (nSPS) is 17.1. The summed E-state index contributed by atoms with van der Waals surface area (Å²) in [6.07, 6.45) is 1.91. The molecule has 0 aliphatic carbocycles. The van der Waals surface area contributed by atoms with E-state index in [1.54, 1.807) is 16.0 Å². The number of benzene rings is 1. The van der Waals surface area contributed by atoms with E-state index in [0.29, 0.717) is 11.4 Å². The summed E-state index contributed by atoms with van der Waals surface area (Å²) in [4.78, 5) is 14.6. The lowest BCUT2D eigenvalue weighted by atomic mass is 10.2. The van der Waals surface area contributed by atoms with E-state index in [4.69, 9.17) is 5.73 Å². The highest BCUT2D eigenvalue weighted by atomic mass is 32.2. The van der Waals surface area contributed by atoms with E-state index >= 15 is 0 Å². The van der Waals surface area contributed by atoms with E-state index in [1.807, 2.05) is 48.1 Å². The molecule has 2 N–H and O–H groups in total. The number of thioether (sulfide) groups is 1. The Morgan fingerprint density at radius 3 is 2.77 bits per heavy atom. The zero-order valence-electron chi connectivity index (χ0n) is 14.1. The molecule has 0 bridgehead atoms. The molecule has 2 aromatic heterocycles. The van der Waals surface area contributed by atoms with Gasteiger partial charge in [-0.25, -0.2) is 4.68 Å². The van der Waals surface area contributed by atoms with Crippen molar-refractivity contribution in [2.75, 3.05) is 0 Å². The highest BCUT2D eigenvalue weighted by Gasteiger charge is 2.34. The average molecular weight is 384 g/mol. The zero-order chi connectivity index (χ0) is 18.1. The van der Waals surface area contributed by atoms with Crippen LogP contribution in [0, 0.1) is 0 Å². The zero-order valence-corrected chi connectivity index (χ0v) is 15.7. The Balaban J connectivity index is 1.66. The van der Waals surface area contributed by atoms with Crippen molar-refractivity contribution in [3.05, 3.63) is 69.5 Å². The molecule has 1 aromatic carbocycles. The molecule has 1 aliphatic rings. The van der Waals surface area contributed by atoms with Crippen LogP contribution in [0.3, 0.4) is 0 Å². The minimum atomic E-state index is -0.411. The summed E-state index contributed by atoms with van der Waals surface area (Å²) >= 11 is 3.03. The van der Waals surface area contributed by atoms with Crippen LogP contribution in [0.1, 0.15) is 18.0 Å². The first kappa shape index (κ1) is 16.9. The molecule has 4 rings (SSSR count). The fourth-order valence-corrected chi connectivity index (χ4v) is 4.72. The molecule has 0 saturated heterocycles. The number of carbonyl (C=O) groups excluding carboxylic acids is 1. The second-order valence-corrected chi connectivity index (χ2v) is 7.78. The number of nitrogens with zero attached hydrogens (tertiary/aromatic N) is 4. The molecule has 6 nitrogen and oxygen atoms in total. The quantitative estimate of drug-likeness (QED) is 0.730. The molecule has 0 radical (unpaired) electrons. The van der Waals surface area contributed by atoms with E-state index in [2.05, 4.69) is 27.3 Å². The van der Waals surface area contributed by atoms with Crippen molar-refractivity contribution in [1.82, 2.24) is 19.9 Å². The van der Waals surface area contributed by atoms with E-state index in [-0.39, 0.29) is 5.50 Å². The van der Waals surface area contributed by atoms with Gasteiger partial charge < -0.3 is 10.6 Å². The molecule has 26 heavy (non-hydrogen) atoms. The summed E-state index contributed by atoms with van der Waals surface area (Å²) in [6, 6.07) is 12.1. The second-order valence-electron chi connectivity index (χ2n) is 5.93. The Bertz CT molecular complexity index is 949. The standard InChI is InChI=1S/C18H17N5OS2/c1-12-16(17(19)24)26-18(22(12)9-13-5-3-2-4-6-13)23-10-15(20-21-23)14-7-8-25-11-14/h2-8,10-11,18H,9H2,1H3,(H2,19,24). The Kier molecular flexibility index (Phi) is 4.52. The van der Waals surface area contributed by atoms with Crippen LogP contribution in [0.4, 0.5) is 0 Å². The molecule has 1 aliphatic heterocycles. The number of primary amides is 1. The van der Waals surface area contributed by atoms with Crippen LogP contribution in [0.2, 0.25) is 0 Å². The number of aromatic nitrogens is 3. The van der Waals surface area contributed by atoms with Crippen molar-refractivity contribution in [3.8, 4) is 11.3 Å². The molecule has 3 aromatic rings. The van der Waals surface area contributed by atoms with Crippen LogP contribution in [0.5, 0.6) is 0 Å². The van der Waals surface area contributed by atoms with Crippen molar-refractivity contribution in [2.24, 2.45) is 5.73 Å². The fraction of sp³-hybridized carbons (Fsp3) is 0.167. The molecule has 1 atom stereocenters. The molecular formula is C18H17N5OS2. The number of carbonyl (C=O) groups is 1. The highest BCUT2D eigenvalue weighted by molar-refractivity contribution is 8.04. The van der Waals surface area contributed by atoms with Crippen molar-refractivity contribution >= 4 is 29.0 Å². The van der Waals surface area contributed by atoms with Crippen molar-refractivity contribution in [1.29, 1.82) is 0 Å². The first-order valence-corrected chi connectivity index (χ1v) is 9.88. The predicted octanol–water partition coefficient (Wildman–Crippen LogP) is 3.43. The number of hydrogen-bond donors (Lipinski definition) is 1. The molecule has 0 saturated carbocycles. The van der Waals surface area contributed by atoms with Gasteiger partial charge in [0.05, 0.1) is 11.1 Å². The maximum absolute atomic E-state index is 11.9. The first-order chi connectivity index (χ1) is 12.6. The van der Waals surface area contributed by atoms with Gasteiger partial charge in [-0.05, 0) is 23.9 Å². The van der Waals surface area contributed by atoms with Gasteiger partial charge in [-0.15, -0.1) is 5.10 Å². The molecule has 0 spiro atoms. The predicted molar refractivity (Wildman–Crippen MR) is 104 cm³/mol. The largest absolute Gasteiger partial charge is 0.365 e. The Hall–Kier alpha value is -2.58.